The van der Waals surface area contributed by atoms with Gasteiger partial charge in [-0.3, -0.25) is 14.5 Å². The lowest BCUT2D eigenvalue weighted by Gasteiger charge is -2.49. The Morgan fingerprint density at radius 3 is 2.49 bits per heavy atom. The Bertz CT molecular complexity index is 1470. The number of piperidine rings is 1. The second-order valence-corrected chi connectivity index (χ2v) is 13.8. The highest BCUT2D eigenvalue weighted by Gasteiger charge is 2.47. The topological polar surface area (TPSA) is 98.9 Å². The van der Waals surface area contributed by atoms with E-state index < -0.39 is 12.7 Å². The number of anilines is 1. The first kappa shape index (κ1) is 35.2. The molecule has 1 saturated carbocycles. The van der Waals surface area contributed by atoms with Gasteiger partial charge < -0.3 is 30.0 Å². The van der Waals surface area contributed by atoms with Crippen molar-refractivity contribution >= 4 is 11.6 Å². The molecule has 0 spiro atoms. The standard InChI is InChI=1S/C35H50F3N5O4/c1-7-43(25-8-10-42(11-9-25)32(38)31(36)37)30-16-27(46-26-13-24(14-26)35(6)19-39-17-22(4)47-35)15-28(23(30)5)33(44)40-18-29-20(2)12-21(3)41-34(29)45/h12,15-16,22,24-26,31-32,39H,7-11,13-14,17-19H2,1-6H3,(H,40,44)(H,41,45). The summed E-state index contributed by atoms with van der Waals surface area (Å²) in [5, 5.41) is 6.41. The van der Waals surface area contributed by atoms with Gasteiger partial charge in [0.05, 0.1) is 17.8 Å². The summed E-state index contributed by atoms with van der Waals surface area (Å²) in [5.74, 6) is 0.588. The number of pyridine rings is 1. The van der Waals surface area contributed by atoms with E-state index >= 15 is 0 Å². The number of aromatic amines is 1. The average molecular weight is 662 g/mol. The number of ether oxygens (including phenoxy) is 2. The molecule has 3 aliphatic rings. The molecule has 260 valence electrons. The minimum absolute atomic E-state index is 0.0225. The number of hydrogen-bond donors (Lipinski definition) is 3. The number of nitrogens with zero attached hydrogens (tertiary/aromatic N) is 2. The molecule has 3 unspecified atom stereocenters. The van der Waals surface area contributed by atoms with E-state index in [0.717, 1.165) is 48.4 Å². The molecule has 3 heterocycles. The summed E-state index contributed by atoms with van der Waals surface area (Å²) < 4.78 is 53.0. The largest absolute Gasteiger partial charge is 0.490 e. The molecule has 9 nitrogen and oxygen atoms in total. The summed E-state index contributed by atoms with van der Waals surface area (Å²) in [6, 6.07) is 5.58. The summed E-state index contributed by atoms with van der Waals surface area (Å²) >= 11 is 0. The molecule has 47 heavy (non-hydrogen) atoms. The summed E-state index contributed by atoms with van der Waals surface area (Å²) in [5.41, 5.74) is 3.56. The third-order valence-corrected chi connectivity index (χ3v) is 10.3. The predicted molar refractivity (Wildman–Crippen MR) is 176 cm³/mol. The number of rotatable bonds is 11. The molecule has 5 rings (SSSR count). The van der Waals surface area contributed by atoms with Gasteiger partial charge in [0.25, 0.3) is 17.9 Å². The van der Waals surface area contributed by atoms with Crippen LogP contribution in [0, 0.1) is 26.7 Å². The van der Waals surface area contributed by atoms with Crippen LogP contribution in [0.3, 0.4) is 0 Å². The number of likely N-dealkylation sites (tertiary alicyclic amines) is 1. The van der Waals surface area contributed by atoms with Gasteiger partial charge in [-0.05, 0) is 96.4 Å². The third kappa shape index (κ3) is 7.81. The SMILES string of the molecule is CCN(c1cc(OC2CC(C3(C)CNCC(C)O3)C2)cc(C(=O)NCc2c(C)cc(C)[nH]c2=O)c1C)C1CCN(C(F)C(F)F)CC1. The van der Waals surface area contributed by atoms with Gasteiger partial charge in [-0.25, -0.2) is 13.2 Å². The first-order chi connectivity index (χ1) is 22.3. The maximum Gasteiger partial charge on any atom is 0.282 e. The molecular weight excluding hydrogens is 611 g/mol. The number of carbonyl (C=O) groups is 1. The number of H-pyrrole nitrogens is 1. The lowest BCUT2D eigenvalue weighted by molar-refractivity contribution is -0.163. The Labute approximate surface area is 275 Å². The average Bonchev–Trinajstić information content (AvgIpc) is 2.99. The molecule has 1 aromatic heterocycles. The molecule has 1 aliphatic carbocycles. The van der Waals surface area contributed by atoms with Crippen molar-refractivity contribution in [1.82, 2.24) is 20.5 Å². The van der Waals surface area contributed by atoms with Gasteiger partial charge in [-0.15, -0.1) is 0 Å². The fourth-order valence-corrected chi connectivity index (χ4v) is 7.53. The Balaban J connectivity index is 1.37. The quantitative estimate of drug-likeness (QED) is 0.292. The van der Waals surface area contributed by atoms with Crippen LogP contribution in [0.1, 0.15) is 79.2 Å². The van der Waals surface area contributed by atoms with Gasteiger partial charge in [-0.1, -0.05) is 0 Å². The number of benzene rings is 1. The number of morpholine rings is 1. The number of aromatic nitrogens is 1. The minimum atomic E-state index is -3.04. The Morgan fingerprint density at radius 2 is 1.87 bits per heavy atom. The zero-order valence-electron chi connectivity index (χ0n) is 28.4. The fourth-order valence-electron chi connectivity index (χ4n) is 7.53. The second kappa shape index (κ2) is 14.6. The van der Waals surface area contributed by atoms with Crippen LogP contribution >= 0.6 is 0 Å². The summed E-state index contributed by atoms with van der Waals surface area (Å²) in [7, 11) is 0. The Morgan fingerprint density at radius 1 is 1.17 bits per heavy atom. The molecule has 1 aromatic carbocycles. The zero-order valence-corrected chi connectivity index (χ0v) is 28.4. The highest BCUT2D eigenvalue weighted by Crippen LogP contribution is 2.43. The van der Waals surface area contributed by atoms with Crippen LogP contribution in [0.4, 0.5) is 18.9 Å². The van der Waals surface area contributed by atoms with E-state index in [9.17, 15) is 22.8 Å². The minimum Gasteiger partial charge on any atom is -0.490 e. The summed E-state index contributed by atoms with van der Waals surface area (Å²) in [6.45, 7) is 14.5. The second-order valence-electron chi connectivity index (χ2n) is 13.8. The number of nitrogens with one attached hydrogen (secondary N) is 3. The number of carbonyl (C=O) groups excluding carboxylic acids is 1. The van der Waals surface area contributed by atoms with Gasteiger partial charge in [0.2, 0.25) is 6.30 Å². The van der Waals surface area contributed by atoms with E-state index in [1.165, 1.54) is 4.90 Å². The van der Waals surface area contributed by atoms with Crippen molar-refractivity contribution in [3.8, 4) is 5.75 Å². The van der Waals surface area contributed by atoms with E-state index in [2.05, 4.69) is 34.4 Å². The Kier molecular flexibility index (Phi) is 10.9. The number of aryl methyl sites for hydroxylation is 2. The lowest BCUT2D eigenvalue weighted by Crippen LogP contribution is -2.59. The molecule has 2 aromatic rings. The van der Waals surface area contributed by atoms with Crippen molar-refractivity contribution in [2.45, 2.75) is 110 Å². The van der Waals surface area contributed by atoms with Crippen LogP contribution in [0.5, 0.6) is 5.75 Å². The first-order valence-electron chi connectivity index (χ1n) is 16.9. The van der Waals surface area contributed by atoms with Crippen molar-refractivity contribution in [2.75, 3.05) is 37.6 Å². The van der Waals surface area contributed by atoms with Crippen molar-refractivity contribution in [2.24, 2.45) is 5.92 Å². The van der Waals surface area contributed by atoms with Crippen LogP contribution in [0.25, 0.3) is 0 Å². The lowest BCUT2D eigenvalue weighted by atomic mass is 9.71. The van der Waals surface area contributed by atoms with Crippen molar-refractivity contribution in [1.29, 1.82) is 0 Å². The number of amides is 1. The van der Waals surface area contributed by atoms with E-state index in [1.807, 2.05) is 39.8 Å². The Hall–Kier alpha value is -3.09. The van der Waals surface area contributed by atoms with E-state index in [0.29, 0.717) is 42.2 Å². The monoisotopic (exact) mass is 661 g/mol. The molecule has 0 bridgehead atoms. The van der Waals surface area contributed by atoms with Crippen LogP contribution in [-0.2, 0) is 11.3 Å². The normalized spacial score (nSPS) is 26.1. The predicted octanol–water partition coefficient (Wildman–Crippen LogP) is 5.01. The van der Waals surface area contributed by atoms with E-state index in [1.54, 1.807) is 6.07 Å². The smallest absolute Gasteiger partial charge is 0.282 e. The molecule has 3 N–H and O–H groups in total. The van der Waals surface area contributed by atoms with Gasteiger partial charge in [0, 0.05) is 73.9 Å². The van der Waals surface area contributed by atoms with Crippen LogP contribution < -0.4 is 25.8 Å². The molecule has 2 aliphatic heterocycles. The van der Waals surface area contributed by atoms with Crippen LogP contribution in [-0.4, -0.2) is 85.1 Å². The molecule has 2 saturated heterocycles. The zero-order chi connectivity index (χ0) is 34.0. The van der Waals surface area contributed by atoms with Gasteiger partial charge in [-0.2, -0.15) is 0 Å². The van der Waals surface area contributed by atoms with Gasteiger partial charge in [0.15, 0.2) is 0 Å². The van der Waals surface area contributed by atoms with E-state index in [-0.39, 0.29) is 55.0 Å². The summed E-state index contributed by atoms with van der Waals surface area (Å²) in [4.78, 5) is 32.6. The first-order valence-corrected chi connectivity index (χ1v) is 16.9. The molecular formula is C35H50F3N5O4. The summed E-state index contributed by atoms with van der Waals surface area (Å²) in [6.07, 6.45) is -2.51. The van der Waals surface area contributed by atoms with E-state index in [4.69, 9.17) is 9.47 Å². The molecule has 1 amide bonds. The van der Waals surface area contributed by atoms with Crippen molar-refractivity contribution in [3.05, 3.63) is 56.5 Å². The highest BCUT2D eigenvalue weighted by molar-refractivity contribution is 5.97. The molecule has 3 atom stereocenters. The van der Waals surface area contributed by atoms with Crippen LogP contribution in [0.15, 0.2) is 23.0 Å². The fraction of sp³-hybridized carbons (Fsp3) is 0.657. The van der Waals surface area contributed by atoms with Crippen molar-refractivity contribution in [3.63, 3.8) is 0 Å². The number of hydrogen-bond acceptors (Lipinski definition) is 7. The van der Waals surface area contributed by atoms with Gasteiger partial charge >= 0.3 is 0 Å². The molecule has 3 fully saturated rings. The van der Waals surface area contributed by atoms with Crippen LogP contribution in [0.2, 0.25) is 0 Å². The number of alkyl halides is 3. The number of halogens is 3. The highest BCUT2D eigenvalue weighted by atomic mass is 19.3. The maximum atomic E-state index is 14.1. The third-order valence-electron chi connectivity index (χ3n) is 10.3. The molecule has 12 heteroatoms. The van der Waals surface area contributed by atoms with Gasteiger partial charge in [0.1, 0.15) is 5.75 Å². The maximum absolute atomic E-state index is 14.1. The molecule has 0 radical (unpaired) electrons. The van der Waals surface area contributed by atoms with Crippen molar-refractivity contribution < 1.29 is 27.4 Å².